The molecule has 2 amide bonds. The van der Waals surface area contributed by atoms with Crippen molar-refractivity contribution in [1.82, 2.24) is 14.0 Å². The van der Waals surface area contributed by atoms with Crippen LogP contribution in [-0.4, -0.2) is 55.0 Å². The maximum atomic E-state index is 13.7. The van der Waals surface area contributed by atoms with Crippen LogP contribution in [0.1, 0.15) is 29.9 Å². The number of urea groups is 1. The van der Waals surface area contributed by atoms with Crippen LogP contribution in [0, 0.1) is 0 Å². The lowest BCUT2D eigenvalue weighted by atomic mass is 9.91. The summed E-state index contributed by atoms with van der Waals surface area (Å²) in [5.74, 6) is -3.42. The monoisotopic (exact) mass is 482 g/mol. The van der Waals surface area contributed by atoms with Crippen LogP contribution in [0.15, 0.2) is 59.7 Å². The maximum Gasteiger partial charge on any atom is 0.352 e. The van der Waals surface area contributed by atoms with Gasteiger partial charge in [-0.2, -0.15) is 17.8 Å². The average molecular weight is 483 g/mol. The molecular weight excluding hydrogens is 462 g/mol. The summed E-state index contributed by atoms with van der Waals surface area (Å²) in [6, 6.07) is 15.3. The lowest BCUT2D eigenvalue weighted by Crippen LogP contribution is -2.52. The van der Waals surface area contributed by atoms with Crippen molar-refractivity contribution in [2.45, 2.75) is 24.7 Å². The molecule has 0 unspecified atom stereocenters. The van der Waals surface area contributed by atoms with Gasteiger partial charge in [-0.05, 0) is 29.7 Å². The highest BCUT2D eigenvalue weighted by molar-refractivity contribution is 7.87. The first-order chi connectivity index (χ1) is 15.1. The van der Waals surface area contributed by atoms with Crippen LogP contribution in [0.2, 0.25) is 5.02 Å². The van der Waals surface area contributed by atoms with Gasteiger partial charge in [-0.25, -0.2) is 23.3 Å². The first kappa shape index (κ1) is 22.6. The summed E-state index contributed by atoms with van der Waals surface area (Å²) in [7, 11) is -4.44. The number of carbonyl (C=O) groups excluding carboxylic acids is 1. The topological polar surface area (TPSA) is 82.1 Å². The van der Waals surface area contributed by atoms with Crippen molar-refractivity contribution < 1.29 is 22.0 Å². The van der Waals surface area contributed by atoms with Crippen LogP contribution < -0.4 is 4.72 Å². The second kappa shape index (κ2) is 8.76. The van der Waals surface area contributed by atoms with E-state index in [4.69, 9.17) is 11.6 Å². The SMILES string of the molecule is O=C(NS(=O)(=O)N1CCCC(F)(F)C1)N1C[C@@H](c2ccccc2)C(c2ccc(Cl)cc2)=N1. The van der Waals surface area contributed by atoms with E-state index < -0.39 is 28.7 Å². The Kier molecular flexibility index (Phi) is 6.19. The van der Waals surface area contributed by atoms with Crippen molar-refractivity contribution in [2.24, 2.45) is 5.10 Å². The van der Waals surface area contributed by atoms with E-state index in [0.717, 1.165) is 16.1 Å². The number of carbonyl (C=O) groups is 1. The Morgan fingerprint density at radius 1 is 1.12 bits per heavy atom. The van der Waals surface area contributed by atoms with E-state index in [1.807, 2.05) is 35.1 Å². The van der Waals surface area contributed by atoms with Crippen LogP contribution in [0.5, 0.6) is 0 Å². The van der Waals surface area contributed by atoms with Crippen LogP contribution in [0.4, 0.5) is 13.6 Å². The molecule has 1 fully saturated rings. The molecule has 32 heavy (non-hydrogen) atoms. The Hall–Kier alpha value is -2.56. The van der Waals surface area contributed by atoms with E-state index in [9.17, 15) is 22.0 Å². The quantitative estimate of drug-likeness (QED) is 0.719. The Bertz CT molecular complexity index is 1130. The summed E-state index contributed by atoms with van der Waals surface area (Å²) >= 11 is 5.98. The highest BCUT2D eigenvalue weighted by Crippen LogP contribution is 2.30. The molecule has 170 valence electrons. The molecule has 1 atom stereocenters. The number of piperidine rings is 1. The molecule has 0 bridgehead atoms. The molecule has 0 saturated carbocycles. The fourth-order valence-corrected chi connectivity index (χ4v) is 5.13. The van der Waals surface area contributed by atoms with Crippen molar-refractivity contribution in [2.75, 3.05) is 19.6 Å². The van der Waals surface area contributed by atoms with Crippen molar-refractivity contribution in [3.63, 3.8) is 0 Å². The van der Waals surface area contributed by atoms with Gasteiger partial charge < -0.3 is 0 Å². The van der Waals surface area contributed by atoms with Gasteiger partial charge >= 0.3 is 16.2 Å². The lowest BCUT2D eigenvalue weighted by molar-refractivity contribution is -0.0436. The zero-order chi connectivity index (χ0) is 22.9. The highest BCUT2D eigenvalue weighted by atomic mass is 35.5. The Balaban J connectivity index is 1.57. The summed E-state index contributed by atoms with van der Waals surface area (Å²) in [6.07, 6.45) is -0.368. The largest absolute Gasteiger partial charge is 0.352 e. The highest BCUT2D eigenvalue weighted by Gasteiger charge is 2.41. The van der Waals surface area contributed by atoms with Gasteiger partial charge in [-0.15, -0.1) is 0 Å². The summed E-state index contributed by atoms with van der Waals surface area (Å²) in [4.78, 5) is 12.8. The van der Waals surface area contributed by atoms with E-state index in [2.05, 4.69) is 5.10 Å². The number of rotatable bonds is 4. The second-order valence-corrected chi connectivity index (χ2v) is 9.85. The molecule has 0 spiro atoms. The third-order valence-corrected chi connectivity index (χ3v) is 7.08. The third kappa shape index (κ3) is 4.92. The van der Waals surface area contributed by atoms with Gasteiger partial charge in [-0.3, -0.25) is 0 Å². The van der Waals surface area contributed by atoms with Crippen molar-refractivity contribution in [3.8, 4) is 0 Å². The predicted octanol–water partition coefficient (Wildman–Crippen LogP) is 3.83. The van der Waals surface area contributed by atoms with Gasteiger partial charge in [0.2, 0.25) is 0 Å². The average Bonchev–Trinajstić information content (AvgIpc) is 3.20. The Morgan fingerprint density at radius 3 is 2.47 bits per heavy atom. The molecule has 2 aromatic rings. The minimum Gasteiger partial charge on any atom is -0.245 e. The molecule has 0 radical (unpaired) electrons. The molecule has 2 aliphatic rings. The van der Waals surface area contributed by atoms with Crippen LogP contribution >= 0.6 is 11.6 Å². The third-order valence-electron chi connectivity index (χ3n) is 5.40. The number of hydrogen-bond acceptors (Lipinski definition) is 4. The second-order valence-electron chi connectivity index (χ2n) is 7.74. The summed E-state index contributed by atoms with van der Waals surface area (Å²) < 4.78 is 54.9. The molecule has 2 heterocycles. The molecule has 7 nitrogen and oxygen atoms in total. The van der Waals surface area contributed by atoms with Crippen LogP contribution in [0.3, 0.4) is 0 Å². The van der Waals surface area contributed by atoms with Crippen molar-refractivity contribution in [1.29, 1.82) is 0 Å². The minimum atomic E-state index is -4.44. The summed E-state index contributed by atoms with van der Waals surface area (Å²) in [6.45, 7) is -0.939. The number of benzene rings is 2. The number of hydrogen-bond donors (Lipinski definition) is 1. The van der Waals surface area contributed by atoms with Gasteiger partial charge in [-0.1, -0.05) is 54.1 Å². The van der Waals surface area contributed by atoms with E-state index in [0.29, 0.717) is 15.0 Å². The Labute approximate surface area is 189 Å². The first-order valence-corrected chi connectivity index (χ1v) is 11.8. The number of hydrazone groups is 1. The van der Waals surface area contributed by atoms with E-state index in [1.54, 1.807) is 24.3 Å². The predicted molar refractivity (Wildman–Crippen MR) is 117 cm³/mol. The number of alkyl halides is 2. The first-order valence-electron chi connectivity index (χ1n) is 10.0. The molecule has 1 N–H and O–H groups in total. The van der Waals surface area contributed by atoms with Gasteiger partial charge in [0.05, 0.1) is 18.8 Å². The molecule has 4 rings (SSSR count). The molecule has 2 aliphatic heterocycles. The standard InChI is InChI=1S/C21H21ClF2N4O3S/c22-17-9-7-16(8-10-17)19-18(15-5-2-1-3-6-15)13-28(25-19)20(29)26-32(30,31)27-12-4-11-21(23,24)14-27/h1-3,5-10,18H,4,11-14H2,(H,26,29)/t18-/m0/s1. The zero-order valence-electron chi connectivity index (χ0n) is 16.9. The minimum absolute atomic E-state index is 0.0146. The normalized spacial score (nSPS) is 21.3. The van der Waals surface area contributed by atoms with Gasteiger partial charge in [0.15, 0.2) is 0 Å². The molecule has 2 aromatic carbocycles. The number of nitrogens with one attached hydrogen (secondary N) is 1. The smallest absolute Gasteiger partial charge is 0.245 e. The van der Waals surface area contributed by atoms with E-state index in [-0.39, 0.29) is 31.8 Å². The maximum absolute atomic E-state index is 13.7. The van der Waals surface area contributed by atoms with E-state index in [1.165, 1.54) is 0 Å². The number of halogens is 3. The van der Waals surface area contributed by atoms with Gasteiger partial charge in [0.25, 0.3) is 5.92 Å². The van der Waals surface area contributed by atoms with Crippen LogP contribution in [0.25, 0.3) is 0 Å². The zero-order valence-corrected chi connectivity index (χ0v) is 18.5. The fourth-order valence-electron chi connectivity index (χ4n) is 3.82. The fraction of sp³-hybridized carbons (Fsp3) is 0.333. The van der Waals surface area contributed by atoms with E-state index >= 15 is 0 Å². The molecule has 11 heteroatoms. The Morgan fingerprint density at radius 2 is 1.81 bits per heavy atom. The molecule has 0 aromatic heterocycles. The van der Waals surface area contributed by atoms with Crippen molar-refractivity contribution >= 4 is 33.6 Å². The summed E-state index contributed by atoms with van der Waals surface area (Å²) in [5, 5.41) is 5.93. The van der Waals surface area contributed by atoms with Gasteiger partial charge in [0.1, 0.15) is 0 Å². The van der Waals surface area contributed by atoms with Gasteiger partial charge in [0, 0.05) is 23.9 Å². The summed E-state index contributed by atoms with van der Waals surface area (Å²) in [5.41, 5.74) is 2.21. The van der Waals surface area contributed by atoms with Crippen LogP contribution in [-0.2, 0) is 10.2 Å². The lowest BCUT2D eigenvalue weighted by Gasteiger charge is -2.31. The molecule has 1 saturated heterocycles. The van der Waals surface area contributed by atoms with Crippen molar-refractivity contribution in [3.05, 3.63) is 70.7 Å². The molecule has 0 aliphatic carbocycles. The molecular formula is C21H21ClF2N4O3S. The number of amides is 2. The number of nitrogens with zero attached hydrogens (tertiary/aromatic N) is 3.